The predicted molar refractivity (Wildman–Crippen MR) is 46.9 cm³/mol. The summed E-state index contributed by atoms with van der Waals surface area (Å²) in [6.45, 7) is 0. The first-order chi connectivity index (χ1) is 6.24. The van der Waals surface area contributed by atoms with E-state index in [0.29, 0.717) is 17.9 Å². The summed E-state index contributed by atoms with van der Waals surface area (Å²) < 4.78 is 0. The van der Waals surface area contributed by atoms with Crippen molar-refractivity contribution in [1.82, 2.24) is 5.32 Å². The molecular weight excluding hydrogens is 166 g/mol. The van der Waals surface area contributed by atoms with E-state index in [-0.39, 0.29) is 17.9 Å². The van der Waals surface area contributed by atoms with Gasteiger partial charge in [0.15, 0.2) is 0 Å². The van der Waals surface area contributed by atoms with E-state index in [4.69, 9.17) is 0 Å². The van der Waals surface area contributed by atoms with Crippen LogP contribution in [0.1, 0.15) is 25.7 Å². The van der Waals surface area contributed by atoms with E-state index >= 15 is 0 Å². The van der Waals surface area contributed by atoms with Crippen LogP contribution < -0.4 is 5.32 Å². The number of amides is 1. The maximum atomic E-state index is 11.6. The van der Waals surface area contributed by atoms with Crippen LogP contribution in [-0.2, 0) is 4.79 Å². The van der Waals surface area contributed by atoms with Crippen molar-refractivity contribution in [1.29, 1.82) is 0 Å². The van der Waals surface area contributed by atoms with E-state index in [1.165, 1.54) is 0 Å². The summed E-state index contributed by atoms with van der Waals surface area (Å²) in [4.78, 5) is 11.6. The van der Waals surface area contributed by atoms with Gasteiger partial charge in [-0.1, -0.05) is 0 Å². The van der Waals surface area contributed by atoms with E-state index in [9.17, 15) is 9.90 Å². The molecule has 72 valence electrons. The van der Waals surface area contributed by atoms with Gasteiger partial charge in [0.1, 0.15) is 0 Å². The lowest BCUT2D eigenvalue weighted by Gasteiger charge is -2.41. The minimum Gasteiger partial charge on any atom is -0.393 e. The Morgan fingerprint density at radius 2 is 1.77 bits per heavy atom. The van der Waals surface area contributed by atoms with Crippen LogP contribution in [0.5, 0.6) is 0 Å². The molecule has 3 heteroatoms. The molecule has 1 amide bonds. The fraction of sp³-hybridized carbons (Fsp3) is 0.900. The van der Waals surface area contributed by atoms with Crippen molar-refractivity contribution in [2.75, 3.05) is 0 Å². The molecule has 2 saturated heterocycles. The number of carbonyl (C=O) groups excluding carboxylic acids is 1. The average Bonchev–Trinajstić information content (AvgIpc) is 2.25. The fourth-order valence-electron chi connectivity index (χ4n) is 3.44. The van der Waals surface area contributed by atoms with Gasteiger partial charge in [-0.2, -0.15) is 0 Å². The highest BCUT2D eigenvalue weighted by Gasteiger charge is 2.47. The molecule has 2 unspecified atom stereocenters. The average molecular weight is 181 g/mol. The molecule has 4 fully saturated rings. The SMILES string of the molecule is O=C1NC2CC3CC1CC(C2)C3O. The molecule has 0 aromatic rings. The van der Waals surface area contributed by atoms with Gasteiger partial charge in [-0.05, 0) is 37.5 Å². The van der Waals surface area contributed by atoms with Gasteiger partial charge in [0.25, 0.3) is 0 Å². The van der Waals surface area contributed by atoms with Crippen molar-refractivity contribution >= 4 is 5.91 Å². The van der Waals surface area contributed by atoms with Crippen molar-refractivity contribution in [3.05, 3.63) is 0 Å². The molecule has 0 aromatic carbocycles. The van der Waals surface area contributed by atoms with Crippen LogP contribution in [0.2, 0.25) is 0 Å². The zero-order chi connectivity index (χ0) is 9.00. The Balaban J connectivity index is 1.96. The summed E-state index contributed by atoms with van der Waals surface area (Å²) in [6.07, 6.45) is 3.71. The number of fused-ring (bicyclic) bond motifs is 1. The second kappa shape index (κ2) is 2.47. The third-order valence-electron chi connectivity index (χ3n) is 4.03. The molecule has 0 radical (unpaired) electrons. The zero-order valence-electron chi connectivity index (χ0n) is 7.57. The van der Waals surface area contributed by atoms with Crippen LogP contribution in [-0.4, -0.2) is 23.2 Å². The van der Waals surface area contributed by atoms with Crippen LogP contribution in [0.25, 0.3) is 0 Å². The monoisotopic (exact) mass is 181 g/mol. The lowest BCUT2D eigenvalue weighted by Crippen LogP contribution is -2.43. The van der Waals surface area contributed by atoms with Crippen LogP contribution in [0.4, 0.5) is 0 Å². The first-order valence-corrected chi connectivity index (χ1v) is 5.22. The van der Waals surface area contributed by atoms with Gasteiger partial charge >= 0.3 is 0 Å². The van der Waals surface area contributed by atoms with Crippen molar-refractivity contribution in [2.24, 2.45) is 17.8 Å². The van der Waals surface area contributed by atoms with Crippen molar-refractivity contribution in [3.63, 3.8) is 0 Å². The number of rotatable bonds is 0. The Bertz CT molecular complexity index is 237. The van der Waals surface area contributed by atoms with Gasteiger partial charge in [0.05, 0.1) is 6.10 Å². The number of nitrogens with one attached hydrogen (secondary N) is 1. The highest BCUT2D eigenvalue weighted by molar-refractivity contribution is 5.79. The molecule has 2 saturated carbocycles. The Hall–Kier alpha value is -0.570. The predicted octanol–water partition coefficient (Wildman–Crippen LogP) is 0.282. The number of hydrogen-bond acceptors (Lipinski definition) is 2. The summed E-state index contributed by atoms with van der Waals surface area (Å²) in [5.74, 6) is 1.22. The van der Waals surface area contributed by atoms with Crippen molar-refractivity contribution < 1.29 is 9.90 Å². The second-order valence-electron chi connectivity index (χ2n) is 4.86. The zero-order valence-corrected chi connectivity index (χ0v) is 7.57. The van der Waals surface area contributed by atoms with Crippen LogP contribution in [0, 0.1) is 17.8 Å². The van der Waals surface area contributed by atoms with E-state index in [2.05, 4.69) is 5.32 Å². The quantitative estimate of drug-likeness (QED) is 0.564. The normalized spacial score (nSPS) is 53.3. The van der Waals surface area contributed by atoms with Gasteiger partial charge < -0.3 is 10.4 Å². The van der Waals surface area contributed by atoms with Gasteiger partial charge in [-0.25, -0.2) is 0 Å². The lowest BCUT2D eigenvalue weighted by atomic mass is 9.66. The van der Waals surface area contributed by atoms with E-state index < -0.39 is 0 Å². The van der Waals surface area contributed by atoms with Crippen molar-refractivity contribution in [2.45, 2.75) is 37.8 Å². The van der Waals surface area contributed by atoms with Gasteiger partial charge in [0.2, 0.25) is 5.91 Å². The molecule has 2 aliphatic heterocycles. The molecule has 3 nitrogen and oxygen atoms in total. The number of carbonyl (C=O) groups is 1. The van der Waals surface area contributed by atoms with Gasteiger partial charge in [-0.3, -0.25) is 4.79 Å². The van der Waals surface area contributed by atoms with E-state index in [1.807, 2.05) is 0 Å². The molecule has 0 spiro atoms. The summed E-state index contributed by atoms with van der Waals surface area (Å²) in [6, 6.07) is 0.360. The van der Waals surface area contributed by atoms with Crippen LogP contribution in [0.15, 0.2) is 0 Å². The Kier molecular flexibility index (Phi) is 1.48. The van der Waals surface area contributed by atoms with Crippen LogP contribution >= 0.6 is 0 Å². The Labute approximate surface area is 77.5 Å². The molecule has 13 heavy (non-hydrogen) atoms. The number of aliphatic hydroxyl groups excluding tert-OH is 1. The molecule has 4 rings (SSSR count). The highest BCUT2D eigenvalue weighted by Crippen LogP contribution is 2.45. The van der Waals surface area contributed by atoms with Crippen LogP contribution in [0.3, 0.4) is 0 Å². The van der Waals surface area contributed by atoms with Gasteiger partial charge in [0, 0.05) is 12.0 Å². The molecule has 2 N–H and O–H groups in total. The molecule has 4 aliphatic rings. The topological polar surface area (TPSA) is 49.3 Å². The maximum absolute atomic E-state index is 11.6. The smallest absolute Gasteiger partial charge is 0.223 e. The molecule has 2 heterocycles. The summed E-state index contributed by atoms with van der Waals surface area (Å²) in [7, 11) is 0. The minimum atomic E-state index is -0.125. The summed E-state index contributed by atoms with van der Waals surface area (Å²) >= 11 is 0. The molecule has 2 aliphatic carbocycles. The van der Waals surface area contributed by atoms with E-state index in [0.717, 1.165) is 25.7 Å². The molecule has 4 bridgehead atoms. The summed E-state index contributed by atoms with van der Waals surface area (Å²) in [5, 5.41) is 13.0. The first kappa shape index (κ1) is 7.80. The molecule has 0 aromatic heterocycles. The largest absolute Gasteiger partial charge is 0.393 e. The summed E-state index contributed by atoms with van der Waals surface area (Å²) in [5.41, 5.74) is 0. The standard InChI is InChI=1S/C10H15NO2/c12-9-5-1-7-2-6(9)4-8(3-5)11-10(7)13/h5-9,12H,1-4H2,(H,11,13). The van der Waals surface area contributed by atoms with Crippen molar-refractivity contribution in [3.8, 4) is 0 Å². The van der Waals surface area contributed by atoms with E-state index in [1.54, 1.807) is 0 Å². The molecule has 2 atom stereocenters. The third-order valence-corrected chi connectivity index (χ3v) is 4.03. The second-order valence-corrected chi connectivity index (χ2v) is 4.86. The maximum Gasteiger partial charge on any atom is 0.223 e. The van der Waals surface area contributed by atoms with Gasteiger partial charge in [-0.15, -0.1) is 0 Å². The Morgan fingerprint density at radius 1 is 1.15 bits per heavy atom. The fourth-order valence-corrected chi connectivity index (χ4v) is 3.44. The minimum absolute atomic E-state index is 0.125. The molecular formula is C10H15NO2. The highest BCUT2D eigenvalue weighted by atomic mass is 16.3. The first-order valence-electron chi connectivity index (χ1n) is 5.22. The number of hydrogen-bond donors (Lipinski definition) is 2. The lowest BCUT2D eigenvalue weighted by molar-refractivity contribution is -0.126. The third kappa shape index (κ3) is 1.03. The Morgan fingerprint density at radius 3 is 2.38 bits per heavy atom. The number of aliphatic hydroxyl groups is 1.